The predicted octanol–water partition coefficient (Wildman–Crippen LogP) is 5.85. The molecule has 0 unspecified atom stereocenters. The Labute approximate surface area is 132 Å². The summed E-state index contributed by atoms with van der Waals surface area (Å²) in [4.78, 5) is 1.01. The van der Waals surface area contributed by atoms with E-state index in [1.165, 1.54) is 0 Å². The number of hydrogen-bond acceptors (Lipinski definition) is 2. The van der Waals surface area contributed by atoms with Crippen LogP contribution >= 0.6 is 46.6 Å². The Hall–Kier alpha value is -0.540. The highest BCUT2D eigenvalue weighted by Crippen LogP contribution is 2.29. The number of hydrogen-bond donors (Lipinski definition) is 1. The molecular weight excluding hydrogens is 321 g/mol. The lowest BCUT2D eigenvalue weighted by Gasteiger charge is -2.07. The molecule has 0 aliphatic rings. The van der Waals surface area contributed by atoms with Gasteiger partial charge in [0.1, 0.15) is 0 Å². The quantitative estimate of drug-likeness (QED) is 0.544. The van der Waals surface area contributed by atoms with Crippen LogP contribution in [0.4, 0.5) is 5.69 Å². The lowest BCUT2D eigenvalue weighted by Crippen LogP contribution is -2.03. The first-order valence-electron chi connectivity index (χ1n) is 5.72. The summed E-state index contributed by atoms with van der Waals surface area (Å²) in [7, 11) is 0. The van der Waals surface area contributed by atoms with E-state index in [4.69, 9.17) is 34.8 Å². The van der Waals surface area contributed by atoms with Crippen LogP contribution in [-0.2, 0) is 0 Å². The number of thioether (sulfide) groups is 1. The molecule has 5 heteroatoms. The van der Waals surface area contributed by atoms with Gasteiger partial charge in [0.2, 0.25) is 0 Å². The molecule has 19 heavy (non-hydrogen) atoms. The van der Waals surface area contributed by atoms with Gasteiger partial charge in [0.15, 0.2) is 0 Å². The van der Waals surface area contributed by atoms with Crippen LogP contribution in [0.15, 0.2) is 47.4 Å². The van der Waals surface area contributed by atoms with Crippen LogP contribution in [0.2, 0.25) is 15.1 Å². The zero-order valence-corrected chi connectivity index (χ0v) is 13.1. The van der Waals surface area contributed by atoms with Crippen molar-refractivity contribution in [2.75, 3.05) is 17.6 Å². The molecule has 2 aromatic rings. The lowest BCUT2D eigenvalue weighted by molar-refractivity contribution is 1.22. The number of nitrogens with one attached hydrogen (secondary N) is 1. The maximum Gasteiger partial charge on any atom is 0.0542 e. The van der Waals surface area contributed by atoms with Crippen LogP contribution in [0, 0.1) is 0 Å². The molecule has 0 spiro atoms. The second kappa shape index (κ2) is 7.30. The van der Waals surface area contributed by atoms with E-state index in [2.05, 4.69) is 5.32 Å². The van der Waals surface area contributed by atoms with Gasteiger partial charge >= 0.3 is 0 Å². The highest BCUT2D eigenvalue weighted by Gasteiger charge is 2.02. The van der Waals surface area contributed by atoms with E-state index in [1.54, 1.807) is 17.8 Å². The Balaban J connectivity index is 1.80. The first kappa shape index (κ1) is 14.9. The van der Waals surface area contributed by atoms with Gasteiger partial charge in [-0.2, -0.15) is 0 Å². The Morgan fingerprint density at radius 1 is 0.895 bits per heavy atom. The number of rotatable bonds is 5. The third kappa shape index (κ3) is 4.81. The summed E-state index contributed by atoms with van der Waals surface area (Å²) in [6, 6.07) is 13.1. The molecule has 0 aromatic heterocycles. The molecule has 0 bridgehead atoms. The van der Waals surface area contributed by atoms with Crippen molar-refractivity contribution in [1.29, 1.82) is 0 Å². The van der Waals surface area contributed by atoms with Crippen molar-refractivity contribution in [2.45, 2.75) is 4.90 Å². The molecule has 0 aliphatic heterocycles. The van der Waals surface area contributed by atoms with E-state index < -0.39 is 0 Å². The van der Waals surface area contributed by atoms with Gasteiger partial charge in [-0.25, -0.2) is 0 Å². The molecule has 0 saturated heterocycles. The molecule has 0 heterocycles. The maximum atomic E-state index is 6.10. The molecule has 0 radical (unpaired) electrons. The largest absolute Gasteiger partial charge is 0.384 e. The minimum atomic E-state index is 0.706. The smallest absolute Gasteiger partial charge is 0.0542 e. The summed E-state index contributed by atoms with van der Waals surface area (Å²) >= 11 is 19.5. The molecule has 0 fully saturated rings. The fourth-order valence-electron chi connectivity index (χ4n) is 1.51. The average Bonchev–Trinajstić information content (AvgIpc) is 2.40. The van der Waals surface area contributed by atoms with E-state index in [0.717, 1.165) is 32.9 Å². The first-order valence-corrected chi connectivity index (χ1v) is 7.84. The molecule has 100 valence electrons. The molecule has 2 rings (SSSR count). The number of anilines is 1. The zero-order chi connectivity index (χ0) is 13.7. The average molecular weight is 333 g/mol. The van der Waals surface area contributed by atoms with Crippen molar-refractivity contribution >= 4 is 52.3 Å². The van der Waals surface area contributed by atoms with Crippen molar-refractivity contribution in [2.24, 2.45) is 0 Å². The summed E-state index contributed by atoms with van der Waals surface area (Å²) in [6.07, 6.45) is 0. The predicted molar refractivity (Wildman–Crippen MR) is 87.1 cm³/mol. The van der Waals surface area contributed by atoms with Crippen LogP contribution in [0.5, 0.6) is 0 Å². The van der Waals surface area contributed by atoms with Crippen LogP contribution < -0.4 is 5.32 Å². The zero-order valence-electron chi connectivity index (χ0n) is 10.00. The Morgan fingerprint density at radius 3 is 2.32 bits per heavy atom. The molecule has 0 amide bonds. The number of benzene rings is 2. The topological polar surface area (TPSA) is 12.0 Å². The Kier molecular flexibility index (Phi) is 5.71. The summed E-state index contributed by atoms with van der Waals surface area (Å²) < 4.78 is 0. The van der Waals surface area contributed by atoms with Gasteiger partial charge in [0.25, 0.3) is 0 Å². The highest BCUT2D eigenvalue weighted by atomic mass is 35.5. The van der Waals surface area contributed by atoms with Crippen molar-refractivity contribution < 1.29 is 0 Å². The molecule has 1 N–H and O–H groups in total. The normalized spacial score (nSPS) is 10.5. The molecule has 0 saturated carbocycles. The maximum absolute atomic E-state index is 6.10. The van der Waals surface area contributed by atoms with Gasteiger partial charge in [-0.15, -0.1) is 11.8 Å². The van der Waals surface area contributed by atoms with Gasteiger partial charge in [-0.1, -0.05) is 34.8 Å². The van der Waals surface area contributed by atoms with Crippen molar-refractivity contribution in [3.8, 4) is 0 Å². The van der Waals surface area contributed by atoms with Gasteiger partial charge in [0, 0.05) is 32.9 Å². The summed E-state index contributed by atoms with van der Waals surface area (Å²) in [6.45, 7) is 0.842. The third-order valence-electron chi connectivity index (χ3n) is 2.43. The lowest BCUT2D eigenvalue weighted by atomic mass is 10.3. The van der Waals surface area contributed by atoms with E-state index in [1.807, 2.05) is 36.4 Å². The third-order valence-corrected chi connectivity index (χ3v) is 4.41. The summed E-state index contributed by atoms with van der Waals surface area (Å²) in [5.41, 5.74) is 1.06. The van der Waals surface area contributed by atoms with E-state index in [-0.39, 0.29) is 0 Å². The van der Waals surface area contributed by atoms with Gasteiger partial charge in [-0.3, -0.25) is 0 Å². The summed E-state index contributed by atoms with van der Waals surface area (Å²) in [5, 5.41) is 5.50. The molecule has 2 aromatic carbocycles. The fourth-order valence-corrected chi connectivity index (χ4v) is 3.00. The van der Waals surface area contributed by atoms with Crippen LogP contribution in [0.1, 0.15) is 0 Å². The highest BCUT2D eigenvalue weighted by molar-refractivity contribution is 7.99. The van der Waals surface area contributed by atoms with Crippen LogP contribution in [0.3, 0.4) is 0 Å². The molecule has 0 atom stereocenters. The van der Waals surface area contributed by atoms with Crippen molar-refractivity contribution in [3.05, 3.63) is 57.5 Å². The fraction of sp³-hybridized carbons (Fsp3) is 0.143. The van der Waals surface area contributed by atoms with E-state index in [0.29, 0.717) is 5.02 Å². The standard InChI is InChI=1S/C14H12Cl3NS/c15-10-1-4-12(5-2-10)18-7-8-19-14-9-11(16)3-6-13(14)17/h1-6,9,18H,7-8H2. The van der Waals surface area contributed by atoms with Crippen molar-refractivity contribution in [3.63, 3.8) is 0 Å². The van der Waals surface area contributed by atoms with Crippen LogP contribution in [0.25, 0.3) is 0 Å². The molecular formula is C14H12Cl3NS. The van der Waals surface area contributed by atoms with Gasteiger partial charge < -0.3 is 5.32 Å². The second-order valence-corrected chi connectivity index (χ2v) is 6.27. The number of halogens is 3. The van der Waals surface area contributed by atoms with Gasteiger partial charge in [0.05, 0.1) is 5.02 Å². The molecule has 0 aliphatic carbocycles. The minimum Gasteiger partial charge on any atom is -0.384 e. The molecule has 1 nitrogen and oxygen atoms in total. The van der Waals surface area contributed by atoms with Crippen molar-refractivity contribution in [1.82, 2.24) is 0 Å². The van der Waals surface area contributed by atoms with E-state index >= 15 is 0 Å². The monoisotopic (exact) mass is 331 g/mol. The summed E-state index contributed by atoms with van der Waals surface area (Å²) in [5.74, 6) is 0.905. The van der Waals surface area contributed by atoms with Crippen LogP contribution in [-0.4, -0.2) is 12.3 Å². The Bertz CT molecular complexity index is 543. The van der Waals surface area contributed by atoms with Gasteiger partial charge in [-0.05, 0) is 42.5 Å². The Morgan fingerprint density at radius 2 is 1.58 bits per heavy atom. The second-order valence-electron chi connectivity index (χ2n) is 3.86. The first-order chi connectivity index (χ1) is 9.15. The minimum absolute atomic E-state index is 0.706. The SMILES string of the molecule is Clc1ccc(NCCSc2cc(Cl)ccc2Cl)cc1. The van der Waals surface area contributed by atoms with E-state index in [9.17, 15) is 0 Å².